The van der Waals surface area contributed by atoms with E-state index < -0.39 is 5.91 Å². The first-order chi connectivity index (χ1) is 13.6. The minimum absolute atomic E-state index is 0.199. The normalized spacial score (nSPS) is 14.9. The molecule has 7 heteroatoms. The molecule has 0 aliphatic carbocycles. The largest absolute Gasteiger partial charge is 0.312 e. The van der Waals surface area contributed by atoms with Crippen molar-refractivity contribution in [3.05, 3.63) is 71.6 Å². The molecule has 0 radical (unpaired) electrons. The third-order valence-electron chi connectivity index (χ3n) is 4.50. The Hall–Kier alpha value is -3.32. The van der Waals surface area contributed by atoms with Crippen LogP contribution in [0, 0.1) is 0 Å². The van der Waals surface area contributed by atoms with Crippen LogP contribution in [0.3, 0.4) is 0 Å². The number of imide groups is 1. The summed E-state index contributed by atoms with van der Waals surface area (Å²) < 4.78 is 2.96. The van der Waals surface area contributed by atoms with Crippen molar-refractivity contribution in [2.75, 3.05) is 4.90 Å². The lowest BCUT2D eigenvalue weighted by Crippen LogP contribution is -2.28. The highest BCUT2D eigenvalue weighted by Crippen LogP contribution is 2.24. The summed E-state index contributed by atoms with van der Waals surface area (Å²) in [7, 11) is 0. The van der Waals surface area contributed by atoms with E-state index in [0.29, 0.717) is 22.6 Å². The average molecular weight is 391 g/mol. The number of para-hydroxylation sites is 1. The molecule has 2 aromatic carbocycles. The van der Waals surface area contributed by atoms with E-state index in [4.69, 9.17) is 0 Å². The maximum atomic E-state index is 12.8. The van der Waals surface area contributed by atoms with Gasteiger partial charge in [0.25, 0.3) is 5.91 Å². The number of allylic oxidation sites excluding steroid dienone is 1. The van der Waals surface area contributed by atoms with Crippen molar-refractivity contribution in [1.29, 1.82) is 0 Å². The molecule has 1 aliphatic rings. The van der Waals surface area contributed by atoms with Gasteiger partial charge >= 0.3 is 0 Å². The summed E-state index contributed by atoms with van der Waals surface area (Å²) in [5.74, 6) is -0.926. The third kappa shape index (κ3) is 3.20. The number of fused-ring (bicyclic) bond motifs is 1. The second-order valence-corrected chi connectivity index (χ2v) is 7.35. The van der Waals surface area contributed by atoms with Gasteiger partial charge in [-0.3, -0.25) is 19.3 Å². The number of thiazole rings is 1. The molecular formula is C21H17N3O3S. The number of anilines is 1. The molecule has 0 N–H and O–H groups in total. The molecule has 140 valence electrons. The fourth-order valence-corrected chi connectivity index (χ4v) is 4.24. The van der Waals surface area contributed by atoms with Crippen LogP contribution in [0.4, 0.5) is 5.69 Å². The van der Waals surface area contributed by atoms with E-state index in [1.807, 2.05) is 28.8 Å². The first-order valence-corrected chi connectivity index (χ1v) is 9.64. The Kier molecular flexibility index (Phi) is 4.75. The molecule has 0 spiro atoms. The van der Waals surface area contributed by atoms with Gasteiger partial charge in [-0.05, 0) is 30.3 Å². The Balaban J connectivity index is 1.75. The molecule has 3 amide bonds. The molecule has 0 unspecified atom stereocenters. The molecule has 3 aromatic rings. The fraction of sp³-hybridized carbons (Fsp3) is 0.143. The van der Waals surface area contributed by atoms with E-state index in [9.17, 15) is 14.4 Å². The first-order valence-electron chi connectivity index (χ1n) is 8.82. The van der Waals surface area contributed by atoms with Crippen LogP contribution in [0.2, 0.25) is 0 Å². The van der Waals surface area contributed by atoms with E-state index in [2.05, 4.69) is 11.6 Å². The third-order valence-corrected chi connectivity index (χ3v) is 5.56. The lowest BCUT2D eigenvalue weighted by molar-refractivity contribution is -0.121. The zero-order chi connectivity index (χ0) is 19.7. The summed E-state index contributed by atoms with van der Waals surface area (Å²) in [5, 5.41) is 0. The molecule has 4 rings (SSSR count). The van der Waals surface area contributed by atoms with Crippen LogP contribution >= 0.6 is 11.3 Å². The second kappa shape index (κ2) is 7.36. The Bertz CT molecular complexity index is 1170. The van der Waals surface area contributed by atoms with E-state index in [0.717, 1.165) is 15.1 Å². The fourth-order valence-electron chi connectivity index (χ4n) is 3.21. The summed E-state index contributed by atoms with van der Waals surface area (Å²) >= 11 is 1.43. The van der Waals surface area contributed by atoms with E-state index in [-0.39, 0.29) is 24.7 Å². The number of nitrogens with zero attached hydrogens (tertiary/aromatic N) is 3. The number of rotatable bonds is 4. The number of aromatic nitrogens is 1. The van der Waals surface area contributed by atoms with Crippen LogP contribution in [-0.2, 0) is 16.1 Å². The van der Waals surface area contributed by atoms with Crippen LogP contribution in [0.15, 0.2) is 66.2 Å². The van der Waals surface area contributed by atoms with E-state index in [1.165, 1.54) is 17.4 Å². The second-order valence-electron chi connectivity index (χ2n) is 6.34. The predicted octanol–water partition coefficient (Wildman–Crippen LogP) is 3.28. The van der Waals surface area contributed by atoms with Gasteiger partial charge in [0, 0.05) is 24.9 Å². The zero-order valence-corrected chi connectivity index (χ0v) is 15.8. The van der Waals surface area contributed by atoms with E-state index in [1.54, 1.807) is 24.3 Å². The van der Waals surface area contributed by atoms with E-state index >= 15 is 0 Å². The number of hydrogen-bond donors (Lipinski definition) is 0. The van der Waals surface area contributed by atoms with Crippen molar-refractivity contribution in [2.45, 2.75) is 19.4 Å². The van der Waals surface area contributed by atoms with Gasteiger partial charge in [-0.25, -0.2) is 0 Å². The van der Waals surface area contributed by atoms with Crippen LogP contribution < -0.4 is 9.70 Å². The molecule has 28 heavy (non-hydrogen) atoms. The maximum absolute atomic E-state index is 12.8. The smallest absolute Gasteiger partial charge is 0.279 e. The van der Waals surface area contributed by atoms with Crippen LogP contribution in [-0.4, -0.2) is 22.3 Å². The van der Waals surface area contributed by atoms with Gasteiger partial charge in [-0.1, -0.05) is 35.6 Å². The number of carbonyl (C=O) groups is 3. The highest BCUT2D eigenvalue weighted by Gasteiger charge is 2.30. The maximum Gasteiger partial charge on any atom is 0.279 e. The van der Waals surface area contributed by atoms with Crippen molar-refractivity contribution in [1.82, 2.24) is 4.57 Å². The Labute approximate surface area is 165 Å². The van der Waals surface area contributed by atoms with Gasteiger partial charge in [0.05, 0.1) is 15.9 Å². The molecular weight excluding hydrogens is 374 g/mol. The molecule has 1 aromatic heterocycles. The summed E-state index contributed by atoms with van der Waals surface area (Å²) in [6.07, 6.45) is 2.16. The topological polar surface area (TPSA) is 71.7 Å². The molecule has 2 heterocycles. The number of amides is 3. The number of benzene rings is 2. The van der Waals surface area contributed by atoms with Crippen LogP contribution in [0.5, 0.6) is 0 Å². The molecule has 0 atom stereocenters. The van der Waals surface area contributed by atoms with Gasteiger partial charge in [-0.15, -0.1) is 6.58 Å². The van der Waals surface area contributed by atoms with Gasteiger partial charge in [0.1, 0.15) is 0 Å². The lowest BCUT2D eigenvalue weighted by atomic mass is 10.2. The molecule has 1 fully saturated rings. The Morgan fingerprint density at radius 3 is 2.61 bits per heavy atom. The summed E-state index contributed by atoms with van der Waals surface area (Å²) in [6.45, 7) is 4.31. The molecule has 1 saturated heterocycles. The Morgan fingerprint density at radius 2 is 1.86 bits per heavy atom. The Morgan fingerprint density at radius 1 is 1.11 bits per heavy atom. The highest BCUT2D eigenvalue weighted by atomic mass is 32.1. The minimum Gasteiger partial charge on any atom is -0.312 e. The lowest BCUT2D eigenvalue weighted by Gasteiger charge is -2.14. The van der Waals surface area contributed by atoms with Crippen molar-refractivity contribution in [2.24, 2.45) is 4.99 Å². The standard InChI is InChI=1S/C21H17N3O3S/c1-2-12-23-16-8-3-4-9-17(16)28-21(23)22-20(27)14-6-5-7-15(13-14)24-18(25)10-11-19(24)26/h2-9,13H,1,10-12H2. The van der Waals surface area contributed by atoms with Crippen molar-refractivity contribution < 1.29 is 14.4 Å². The zero-order valence-electron chi connectivity index (χ0n) is 15.0. The van der Waals surface area contributed by atoms with Gasteiger partial charge in [0.15, 0.2) is 4.80 Å². The molecule has 0 saturated carbocycles. The van der Waals surface area contributed by atoms with Crippen molar-refractivity contribution >= 4 is 45.0 Å². The van der Waals surface area contributed by atoms with Gasteiger partial charge in [-0.2, -0.15) is 4.99 Å². The van der Waals surface area contributed by atoms with Gasteiger partial charge < -0.3 is 4.57 Å². The SMILES string of the molecule is C=CCn1c(=NC(=O)c2cccc(N3C(=O)CCC3=O)c2)sc2ccccc21. The summed E-state index contributed by atoms with van der Waals surface area (Å²) in [6, 6.07) is 14.3. The predicted molar refractivity (Wildman–Crippen MR) is 108 cm³/mol. The average Bonchev–Trinajstić information content (AvgIpc) is 3.22. The molecule has 6 nitrogen and oxygen atoms in total. The van der Waals surface area contributed by atoms with Crippen LogP contribution in [0.25, 0.3) is 10.2 Å². The minimum atomic E-state index is -0.426. The number of hydrogen-bond acceptors (Lipinski definition) is 4. The summed E-state index contributed by atoms with van der Waals surface area (Å²) in [4.78, 5) is 42.7. The van der Waals surface area contributed by atoms with Crippen molar-refractivity contribution in [3.63, 3.8) is 0 Å². The van der Waals surface area contributed by atoms with Crippen LogP contribution in [0.1, 0.15) is 23.2 Å². The quantitative estimate of drug-likeness (QED) is 0.506. The molecule has 1 aliphatic heterocycles. The number of carbonyl (C=O) groups excluding carboxylic acids is 3. The van der Waals surface area contributed by atoms with Crippen molar-refractivity contribution in [3.8, 4) is 0 Å². The molecule has 0 bridgehead atoms. The monoisotopic (exact) mass is 391 g/mol. The first kappa shape index (κ1) is 18.1. The summed E-state index contributed by atoms with van der Waals surface area (Å²) in [5.41, 5.74) is 1.72. The van der Waals surface area contributed by atoms with Gasteiger partial charge in [0.2, 0.25) is 11.8 Å². The highest BCUT2D eigenvalue weighted by molar-refractivity contribution is 7.16.